The van der Waals surface area contributed by atoms with Gasteiger partial charge in [0.05, 0.1) is 11.1 Å². The van der Waals surface area contributed by atoms with Gasteiger partial charge in [-0.2, -0.15) is 0 Å². The maximum Gasteiger partial charge on any atom is 0.231 e. The molecule has 0 unspecified atom stereocenters. The molecule has 3 nitrogen and oxygen atoms in total. The molecule has 30 heavy (non-hydrogen) atoms. The van der Waals surface area contributed by atoms with Crippen molar-refractivity contribution >= 4 is 43.6 Å². The molecule has 0 saturated heterocycles. The molecule has 0 bridgehead atoms. The largest absolute Gasteiger partial charge is 0.438 e. The van der Waals surface area contributed by atoms with Crippen LogP contribution in [-0.2, 0) is 0 Å². The highest BCUT2D eigenvalue weighted by molar-refractivity contribution is 6.21. The van der Waals surface area contributed by atoms with Gasteiger partial charge in [-0.25, -0.2) is 9.97 Å². The average molecular weight is 388 g/mol. The van der Waals surface area contributed by atoms with E-state index in [0.717, 1.165) is 33.0 Å². The van der Waals surface area contributed by atoms with Gasteiger partial charge in [-0.3, -0.25) is 0 Å². The lowest BCUT2D eigenvalue weighted by Gasteiger charge is -2.13. The van der Waals surface area contributed by atoms with Crippen molar-refractivity contribution in [2.75, 3.05) is 0 Å². The Bertz CT molecular complexity index is 1580. The van der Waals surface area contributed by atoms with Crippen LogP contribution in [0.15, 0.2) is 83.5 Å². The summed E-state index contributed by atoms with van der Waals surface area (Å²) >= 11 is 0. The molecular formula is C27H20N2O. The van der Waals surface area contributed by atoms with Crippen molar-refractivity contribution in [1.82, 2.24) is 9.97 Å². The highest BCUT2D eigenvalue weighted by Crippen LogP contribution is 2.40. The number of aromatic nitrogens is 2. The summed E-state index contributed by atoms with van der Waals surface area (Å²) in [4.78, 5) is 9.20. The monoisotopic (exact) mass is 388 g/mol. The Kier molecular flexibility index (Phi) is 3.66. The topological polar surface area (TPSA) is 38.9 Å². The van der Waals surface area contributed by atoms with E-state index in [1.807, 2.05) is 6.07 Å². The number of hydrogen-bond donors (Lipinski definition) is 0. The van der Waals surface area contributed by atoms with Crippen molar-refractivity contribution in [2.45, 2.75) is 19.8 Å². The molecule has 0 amide bonds. The fourth-order valence-corrected chi connectivity index (χ4v) is 4.54. The Labute approximate surface area is 174 Å². The average Bonchev–Trinajstić information content (AvgIpc) is 3.17. The number of rotatable bonds is 2. The van der Waals surface area contributed by atoms with Crippen molar-refractivity contribution in [2.24, 2.45) is 0 Å². The van der Waals surface area contributed by atoms with Gasteiger partial charge in [0.15, 0.2) is 0 Å². The molecule has 4 aromatic carbocycles. The molecule has 0 aliphatic rings. The van der Waals surface area contributed by atoms with Gasteiger partial charge in [-0.15, -0.1) is 0 Å². The van der Waals surface area contributed by atoms with Crippen LogP contribution in [0.1, 0.15) is 25.3 Å². The van der Waals surface area contributed by atoms with E-state index in [-0.39, 0.29) is 0 Å². The second kappa shape index (κ2) is 6.39. The molecule has 6 rings (SSSR count). The minimum absolute atomic E-state index is 0.411. The lowest BCUT2D eigenvalue weighted by Crippen LogP contribution is -1.93. The zero-order chi connectivity index (χ0) is 20.2. The van der Waals surface area contributed by atoms with Gasteiger partial charge < -0.3 is 4.42 Å². The Morgan fingerprint density at radius 2 is 1.50 bits per heavy atom. The van der Waals surface area contributed by atoms with Gasteiger partial charge in [0.1, 0.15) is 11.9 Å². The molecule has 0 aliphatic heterocycles. The molecule has 0 N–H and O–H groups in total. The van der Waals surface area contributed by atoms with Crippen LogP contribution in [0.3, 0.4) is 0 Å². The first-order valence-electron chi connectivity index (χ1n) is 10.3. The third-order valence-corrected chi connectivity index (χ3v) is 5.95. The summed E-state index contributed by atoms with van der Waals surface area (Å²) < 4.78 is 6.14. The van der Waals surface area contributed by atoms with Crippen molar-refractivity contribution in [3.63, 3.8) is 0 Å². The highest BCUT2D eigenvalue weighted by atomic mass is 16.3. The predicted molar refractivity (Wildman–Crippen MR) is 124 cm³/mol. The zero-order valence-corrected chi connectivity index (χ0v) is 16.9. The summed E-state index contributed by atoms with van der Waals surface area (Å²) in [6.45, 7) is 4.48. The van der Waals surface area contributed by atoms with Gasteiger partial charge in [0.2, 0.25) is 5.71 Å². The molecule has 0 aliphatic carbocycles. The van der Waals surface area contributed by atoms with E-state index in [2.05, 4.69) is 85.6 Å². The fourth-order valence-electron chi connectivity index (χ4n) is 4.54. The van der Waals surface area contributed by atoms with E-state index in [1.165, 1.54) is 21.7 Å². The maximum atomic E-state index is 6.14. The molecule has 0 saturated carbocycles. The summed E-state index contributed by atoms with van der Waals surface area (Å²) in [5, 5.41) is 6.93. The van der Waals surface area contributed by atoms with Gasteiger partial charge in [0.25, 0.3) is 0 Å². The summed E-state index contributed by atoms with van der Waals surface area (Å²) in [5.41, 5.74) is 4.82. The summed E-state index contributed by atoms with van der Waals surface area (Å²) in [6, 6.07) is 25.6. The Hall–Kier alpha value is -3.72. The molecule has 0 fully saturated rings. The molecule has 144 valence electrons. The molecule has 0 spiro atoms. The molecule has 3 heteroatoms. The zero-order valence-electron chi connectivity index (χ0n) is 16.9. The van der Waals surface area contributed by atoms with Crippen LogP contribution in [0.2, 0.25) is 0 Å². The van der Waals surface area contributed by atoms with E-state index in [0.29, 0.717) is 11.6 Å². The van der Waals surface area contributed by atoms with Crippen LogP contribution in [0.25, 0.3) is 54.9 Å². The van der Waals surface area contributed by atoms with Gasteiger partial charge in [0, 0.05) is 10.9 Å². The van der Waals surface area contributed by atoms with Crippen LogP contribution in [0.4, 0.5) is 0 Å². The number of fused-ring (bicyclic) bond motifs is 6. The van der Waals surface area contributed by atoms with Crippen LogP contribution in [0, 0.1) is 0 Å². The third-order valence-electron chi connectivity index (χ3n) is 5.95. The smallest absolute Gasteiger partial charge is 0.231 e. The third kappa shape index (κ3) is 2.45. The normalized spacial score (nSPS) is 12.0. The van der Waals surface area contributed by atoms with E-state index in [9.17, 15) is 0 Å². The van der Waals surface area contributed by atoms with E-state index >= 15 is 0 Å². The summed E-state index contributed by atoms with van der Waals surface area (Å²) in [6.07, 6.45) is 1.60. The number of benzene rings is 4. The maximum absolute atomic E-state index is 6.14. The minimum Gasteiger partial charge on any atom is -0.438 e. The van der Waals surface area contributed by atoms with Crippen LogP contribution in [-0.4, -0.2) is 9.97 Å². The lowest BCUT2D eigenvalue weighted by atomic mass is 9.92. The molecule has 0 atom stereocenters. The predicted octanol–water partition coefficient (Wildman–Crippen LogP) is 7.47. The van der Waals surface area contributed by atoms with Crippen LogP contribution >= 0.6 is 0 Å². The molecule has 2 aromatic heterocycles. The van der Waals surface area contributed by atoms with Gasteiger partial charge in [-0.05, 0) is 51.2 Å². The van der Waals surface area contributed by atoms with E-state index < -0.39 is 0 Å². The highest BCUT2D eigenvalue weighted by Gasteiger charge is 2.18. The van der Waals surface area contributed by atoms with E-state index in [4.69, 9.17) is 9.40 Å². The fraction of sp³-hybridized carbons (Fsp3) is 0.111. The van der Waals surface area contributed by atoms with Crippen LogP contribution < -0.4 is 0 Å². The van der Waals surface area contributed by atoms with Gasteiger partial charge in [-0.1, -0.05) is 68.4 Å². The van der Waals surface area contributed by atoms with Crippen molar-refractivity contribution in [1.29, 1.82) is 0 Å². The standard InChI is InChI=1S/C27H20N2O/c1-16(2)22-14-19(13-18-8-4-5-9-20(18)22)26-25-24-21-10-6-3-7-17(21)11-12-23(24)30-27(25)29-15-28-26/h3-16H,1-2H3. The quantitative estimate of drug-likeness (QED) is 0.309. The van der Waals surface area contributed by atoms with Gasteiger partial charge >= 0.3 is 0 Å². The molecule has 6 aromatic rings. The molecule has 0 radical (unpaired) electrons. The van der Waals surface area contributed by atoms with Crippen molar-refractivity contribution in [3.05, 3.63) is 84.7 Å². The SMILES string of the molecule is CC(C)c1cc(-c2ncnc3oc4ccc5ccccc5c4c23)cc2ccccc12. The lowest BCUT2D eigenvalue weighted by molar-refractivity contribution is 0.653. The first kappa shape index (κ1) is 17.2. The molecular weight excluding hydrogens is 368 g/mol. The van der Waals surface area contributed by atoms with Crippen LogP contribution in [0.5, 0.6) is 0 Å². The second-order valence-corrected chi connectivity index (χ2v) is 8.11. The Balaban J connectivity index is 1.76. The number of hydrogen-bond acceptors (Lipinski definition) is 3. The van der Waals surface area contributed by atoms with Crippen molar-refractivity contribution < 1.29 is 4.42 Å². The minimum atomic E-state index is 0.411. The Morgan fingerprint density at radius 1 is 0.733 bits per heavy atom. The first-order valence-corrected chi connectivity index (χ1v) is 10.3. The summed E-state index contributed by atoms with van der Waals surface area (Å²) in [5.74, 6) is 0.411. The van der Waals surface area contributed by atoms with E-state index in [1.54, 1.807) is 6.33 Å². The number of furan rings is 1. The van der Waals surface area contributed by atoms with Crippen molar-refractivity contribution in [3.8, 4) is 11.3 Å². The molecule has 2 heterocycles. The summed E-state index contributed by atoms with van der Waals surface area (Å²) in [7, 11) is 0. The first-order chi connectivity index (χ1) is 14.7. The second-order valence-electron chi connectivity index (χ2n) is 8.11. The number of nitrogens with zero attached hydrogens (tertiary/aromatic N) is 2. The Morgan fingerprint density at radius 3 is 2.33 bits per heavy atom.